The Hall–Kier alpha value is -2.82. The largest absolute Gasteiger partial charge is 0.496 e. The Kier molecular flexibility index (Phi) is 6.99. The van der Waals surface area contributed by atoms with Crippen molar-refractivity contribution in [3.05, 3.63) is 59.2 Å². The van der Waals surface area contributed by atoms with Crippen LogP contribution in [0.1, 0.15) is 61.0 Å². The van der Waals surface area contributed by atoms with Gasteiger partial charge in [-0.05, 0) is 35.1 Å². The summed E-state index contributed by atoms with van der Waals surface area (Å²) in [6, 6.07) is 12.8. The molecule has 144 valence electrons. The van der Waals surface area contributed by atoms with E-state index >= 15 is 0 Å². The van der Waals surface area contributed by atoms with E-state index < -0.39 is 5.97 Å². The minimum Gasteiger partial charge on any atom is -0.496 e. The maximum absolute atomic E-state index is 12.4. The van der Waals surface area contributed by atoms with Gasteiger partial charge in [0.15, 0.2) is 6.61 Å². The number of carbonyl (C=O) groups is 2. The molecule has 2 aromatic carbocycles. The van der Waals surface area contributed by atoms with Gasteiger partial charge >= 0.3 is 5.97 Å². The summed E-state index contributed by atoms with van der Waals surface area (Å²) in [5, 5.41) is 2.93. The van der Waals surface area contributed by atoms with E-state index in [1.807, 2.05) is 18.2 Å². The fraction of sp³-hybridized carbons (Fsp3) is 0.364. The quantitative estimate of drug-likeness (QED) is 0.716. The number of para-hydroxylation sites is 2. The standard InChI is InChI=1S/C22H27NO4/c1-14(2)16-10-8-11-17(15(3)4)21(16)23-20(24)13-27-22(25)18-9-6-7-12-19(18)26-5/h6-12,14-15H,13H2,1-5H3,(H,23,24). The molecule has 0 spiro atoms. The van der Waals surface area contributed by atoms with Crippen molar-refractivity contribution in [3.63, 3.8) is 0 Å². The van der Waals surface area contributed by atoms with Crippen molar-refractivity contribution in [2.45, 2.75) is 39.5 Å². The molecule has 0 heterocycles. The van der Waals surface area contributed by atoms with Crippen LogP contribution >= 0.6 is 0 Å². The first kappa shape index (κ1) is 20.5. The Morgan fingerprint density at radius 2 is 1.52 bits per heavy atom. The van der Waals surface area contributed by atoms with Crippen LogP contribution in [0.15, 0.2) is 42.5 Å². The summed E-state index contributed by atoms with van der Waals surface area (Å²) in [5.74, 6) is -0.0301. The fourth-order valence-corrected chi connectivity index (χ4v) is 2.89. The van der Waals surface area contributed by atoms with Crippen LogP contribution in [-0.2, 0) is 9.53 Å². The number of ether oxygens (including phenoxy) is 2. The topological polar surface area (TPSA) is 64.6 Å². The lowest BCUT2D eigenvalue weighted by Crippen LogP contribution is -2.23. The zero-order valence-electron chi connectivity index (χ0n) is 16.5. The summed E-state index contributed by atoms with van der Waals surface area (Å²) in [6.45, 7) is 7.96. The molecule has 0 saturated heterocycles. The monoisotopic (exact) mass is 369 g/mol. The second-order valence-corrected chi connectivity index (χ2v) is 6.95. The molecule has 0 aliphatic heterocycles. The molecule has 0 aliphatic rings. The lowest BCUT2D eigenvalue weighted by Gasteiger charge is -2.20. The smallest absolute Gasteiger partial charge is 0.342 e. The van der Waals surface area contributed by atoms with Crippen LogP contribution in [0.4, 0.5) is 5.69 Å². The van der Waals surface area contributed by atoms with Crippen LogP contribution in [0, 0.1) is 0 Å². The molecule has 2 rings (SSSR count). The lowest BCUT2D eigenvalue weighted by molar-refractivity contribution is -0.119. The highest BCUT2D eigenvalue weighted by Crippen LogP contribution is 2.32. The SMILES string of the molecule is COc1ccccc1C(=O)OCC(=O)Nc1c(C(C)C)cccc1C(C)C. The van der Waals surface area contributed by atoms with Gasteiger partial charge in [0.05, 0.1) is 7.11 Å². The number of rotatable bonds is 7. The molecule has 0 aromatic heterocycles. The zero-order valence-corrected chi connectivity index (χ0v) is 16.5. The Balaban J connectivity index is 2.11. The predicted molar refractivity (Wildman–Crippen MR) is 107 cm³/mol. The molecule has 0 unspecified atom stereocenters. The van der Waals surface area contributed by atoms with Crippen molar-refractivity contribution in [2.75, 3.05) is 19.0 Å². The lowest BCUT2D eigenvalue weighted by atomic mass is 9.92. The second kappa shape index (κ2) is 9.21. The fourth-order valence-electron chi connectivity index (χ4n) is 2.89. The average Bonchev–Trinajstić information content (AvgIpc) is 2.65. The van der Waals surface area contributed by atoms with Gasteiger partial charge in [0.1, 0.15) is 11.3 Å². The summed E-state index contributed by atoms with van der Waals surface area (Å²) in [5.41, 5.74) is 3.22. The Bertz CT molecular complexity index is 785. The van der Waals surface area contributed by atoms with Gasteiger partial charge in [-0.15, -0.1) is 0 Å². The number of carbonyl (C=O) groups excluding carboxylic acids is 2. The summed E-state index contributed by atoms with van der Waals surface area (Å²) < 4.78 is 10.3. The zero-order chi connectivity index (χ0) is 20.0. The molecule has 0 aliphatic carbocycles. The number of hydrogen-bond acceptors (Lipinski definition) is 4. The normalized spacial score (nSPS) is 10.8. The molecular formula is C22H27NO4. The van der Waals surface area contributed by atoms with E-state index in [9.17, 15) is 9.59 Å². The molecule has 5 heteroatoms. The van der Waals surface area contributed by atoms with Gasteiger partial charge < -0.3 is 14.8 Å². The van der Waals surface area contributed by atoms with E-state index in [2.05, 4.69) is 33.0 Å². The molecule has 2 aromatic rings. The molecule has 0 fully saturated rings. The molecule has 0 atom stereocenters. The van der Waals surface area contributed by atoms with Crippen molar-refractivity contribution in [2.24, 2.45) is 0 Å². The predicted octanol–water partition coefficient (Wildman–Crippen LogP) is 4.74. The first-order valence-corrected chi connectivity index (χ1v) is 9.08. The molecule has 1 amide bonds. The van der Waals surface area contributed by atoms with E-state index in [1.54, 1.807) is 24.3 Å². The van der Waals surface area contributed by atoms with E-state index in [1.165, 1.54) is 7.11 Å². The van der Waals surface area contributed by atoms with Crippen LogP contribution in [0.5, 0.6) is 5.75 Å². The van der Waals surface area contributed by atoms with E-state index in [4.69, 9.17) is 9.47 Å². The van der Waals surface area contributed by atoms with Crippen LogP contribution in [0.25, 0.3) is 0 Å². The maximum atomic E-state index is 12.4. The van der Waals surface area contributed by atoms with Crippen molar-refractivity contribution >= 4 is 17.6 Å². The van der Waals surface area contributed by atoms with Crippen LogP contribution < -0.4 is 10.1 Å². The Morgan fingerprint density at radius 3 is 2.07 bits per heavy atom. The summed E-state index contributed by atoms with van der Waals surface area (Å²) in [7, 11) is 1.48. The Morgan fingerprint density at radius 1 is 0.926 bits per heavy atom. The summed E-state index contributed by atoms with van der Waals surface area (Å²) in [4.78, 5) is 24.7. The molecule has 0 saturated carbocycles. The van der Waals surface area contributed by atoms with Crippen molar-refractivity contribution < 1.29 is 19.1 Å². The van der Waals surface area contributed by atoms with Gasteiger partial charge in [0, 0.05) is 5.69 Å². The highest BCUT2D eigenvalue weighted by Gasteiger charge is 2.18. The number of methoxy groups -OCH3 is 1. The van der Waals surface area contributed by atoms with E-state index in [-0.39, 0.29) is 24.3 Å². The summed E-state index contributed by atoms with van der Waals surface area (Å²) >= 11 is 0. The number of hydrogen-bond donors (Lipinski definition) is 1. The number of esters is 1. The first-order valence-electron chi connectivity index (χ1n) is 9.08. The van der Waals surface area contributed by atoms with Crippen LogP contribution in [0.2, 0.25) is 0 Å². The second-order valence-electron chi connectivity index (χ2n) is 6.95. The van der Waals surface area contributed by atoms with Gasteiger partial charge in [-0.3, -0.25) is 4.79 Å². The number of benzene rings is 2. The van der Waals surface area contributed by atoms with E-state index in [0.717, 1.165) is 16.8 Å². The molecule has 0 bridgehead atoms. The third-order valence-corrected chi connectivity index (χ3v) is 4.30. The van der Waals surface area contributed by atoms with Gasteiger partial charge in [-0.25, -0.2) is 4.79 Å². The summed E-state index contributed by atoms with van der Waals surface area (Å²) in [6.07, 6.45) is 0. The number of nitrogens with one attached hydrogen (secondary N) is 1. The van der Waals surface area contributed by atoms with Gasteiger partial charge in [0.25, 0.3) is 5.91 Å². The van der Waals surface area contributed by atoms with Gasteiger partial charge in [0.2, 0.25) is 0 Å². The third-order valence-electron chi connectivity index (χ3n) is 4.30. The van der Waals surface area contributed by atoms with Gasteiger partial charge in [-0.2, -0.15) is 0 Å². The molecule has 1 N–H and O–H groups in total. The third kappa shape index (κ3) is 5.09. The molecular weight excluding hydrogens is 342 g/mol. The molecule has 0 radical (unpaired) electrons. The van der Waals surface area contributed by atoms with Crippen molar-refractivity contribution in [3.8, 4) is 5.75 Å². The molecule has 5 nitrogen and oxygen atoms in total. The van der Waals surface area contributed by atoms with Gasteiger partial charge in [-0.1, -0.05) is 58.0 Å². The first-order chi connectivity index (χ1) is 12.8. The van der Waals surface area contributed by atoms with Crippen molar-refractivity contribution in [1.82, 2.24) is 0 Å². The highest BCUT2D eigenvalue weighted by atomic mass is 16.5. The number of anilines is 1. The average molecular weight is 369 g/mol. The Labute approximate surface area is 160 Å². The highest BCUT2D eigenvalue weighted by molar-refractivity contribution is 5.97. The van der Waals surface area contributed by atoms with Crippen LogP contribution in [-0.4, -0.2) is 25.6 Å². The minimum absolute atomic E-state index is 0.259. The van der Waals surface area contributed by atoms with Crippen molar-refractivity contribution in [1.29, 1.82) is 0 Å². The van der Waals surface area contributed by atoms with Crippen LogP contribution in [0.3, 0.4) is 0 Å². The maximum Gasteiger partial charge on any atom is 0.342 e. The molecule has 27 heavy (non-hydrogen) atoms. The van der Waals surface area contributed by atoms with E-state index in [0.29, 0.717) is 11.3 Å². The minimum atomic E-state index is -0.594. The number of amides is 1.